The number of fused-ring (bicyclic) bond motifs is 2. The van der Waals surface area contributed by atoms with Crippen molar-refractivity contribution in [3.8, 4) is 0 Å². The lowest BCUT2D eigenvalue weighted by Crippen LogP contribution is -2.33. The number of carbonyl (C=O) groups excluding carboxylic acids is 1. The van der Waals surface area contributed by atoms with E-state index in [-0.39, 0.29) is 11.6 Å². The third kappa shape index (κ3) is 0.751. The van der Waals surface area contributed by atoms with E-state index in [1.807, 2.05) is 0 Å². The third-order valence-corrected chi connectivity index (χ3v) is 3.77. The quantitative estimate of drug-likeness (QED) is 0.635. The SMILES string of the molecule is Nc1nc2c(s1)C1(CCC1)OC2=O. The lowest BCUT2D eigenvalue weighted by Gasteiger charge is -2.35. The molecule has 2 aliphatic rings. The lowest BCUT2D eigenvalue weighted by atomic mass is 9.79. The highest BCUT2D eigenvalue weighted by Crippen LogP contribution is 2.52. The van der Waals surface area contributed by atoms with Crippen molar-refractivity contribution in [3.05, 3.63) is 10.6 Å². The van der Waals surface area contributed by atoms with Gasteiger partial charge < -0.3 is 10.5 Å². The number of hydrogen-bond donors (Lipinski definition) is 1. The van der Waals surface area contributed by atoms with E-state index in [1.54, 1.807) is 0 Å². The smallest absolute Gasteiger partial charge is 0.359 e. The van der Waals surface area contributed by atoms with Crippen LogP contribution >= 0.6 is 11.3 Å². The molecule has 0 amide bonds. The normalized spacial score (nSPS) is 22.6. The first kappa shape index (κ1) is 7.32. The zero-order valence-electron chi connectivity index (χ0n) is 6.87. The minimum absolute atomic E-state index is 0.303. The molecule has 3 rings (SSSR count). The highest BCUT2D eigenvalue weighted by molar-refractivity contribution is 7.16. The number of nitrogens with zero attached hydrogens (tertiary/aromatic N) is 1. The molecule has 68 valence electrons. The molecule has 1 aromatic heterocycles. The number of nitrogens with two attached hydrogens (primary N) is 1. The van der Waals surface area contributed by atoms with Crippen LogP contribution in [0.4, 0.5) is 5.13 Å². The van der Waals surface area contributed by atoms with Crippen LogP contribution < -0.4 is 5.73 Å². The fraction of sp³-hybridized carbons (Fsp3) is 0.500. The van der Waals surface area contributed by atoms with Gasteiger partial charge in [0.05, 0.1) is 4.88 Å². The minimum Gasteiger partial charge on any atom is -0.448 e. The van der Waals surface area contributed by atoms with Crippen molar-refractivity contribution in [2.45, 2.75) is 24.9 Å². The monoisotopic (exact) mass is 196 g/mol. The van der Waals surface area contributed by atoms with Gasteiger partial charge in [-0.25, -0.2) is 9.78 Å². The predicted octanol–water partition coefficient (Wildman–Crippen LogP) is 1.27. The first-order valence-electron chi connectivity index (χ1n) is 4.21. The second-order valence-corrected chi connectivity index (χ2v) is 4.50. The van der Waals surface area contributed by atoms with E-state index >= 15 is 0 Å². The molecule has 2 N–H and O–H groups in total. The van der Waals surface area contributed by atoms with Crippen molar-refractivity contribution in [2.24, 2.45) is 0 Å². The number of anilines is 1. The maximum atomic E-state index is 11.4. The van der Waals surface area contributed by atoms with Gasteiger partial charge in [0.15, 0.2) is 10.8 Å². The summed E-state index contributed by atoms with van der Waals surface area (Å²) in [5, 5.41) is 0.466. The van der Waals surface area contributed by atoms with Crippen molar-refractivity contribution in [2.75, 3.05) is 5.73 Å². The van der Waals surface area contributed by atoms with Crippen LogP contribution in [-0.2, 0) is 10.3 Å². The Hall–Kier alpha value is -1.10. The molecule has 2 heterocycles. The van der Waals surface area contributed by atoms with Crippen LogP contribution in [0.1, 0.15) is 34.6 Å². The number of ether oxygens (including phenoxy) is 1. The van der Waals surface area contributed by atoms with Crippen LogP contribution in [0.5, 0.6) is 0 Å². The molecule has 5 heteroatoms. The van der Waals surface area contributed by atoms with E-state index in [9.17, 15) is 4.79 Å². The summed E-state index contributed by atoms with van der Waals surface area (Å²) in [6.45, 7) is 0. The van der Waals surface area contributed by atoms with E-state index in [2.05, 4.69) is 4.98 Å². The molecule has 1 saturated carbocycles. The molecule has 4 nitrogen and oxygen atoms in total. The Balaban J connectivity index is 2.18. The van der Waals surface area contributed by atoms with E-state index in [4.69, 9.17) is 10.5 Å². The predicted molar refractivity (Wildman–Crippen MR) is 47.5 cm³/mol. The molecule has 1 aromatic rings. The number of rotatable bonds is 0. The molecular formula is C8H8N2O2S. The van der Waals surface area contributed by atoms with Crippen LogP contribution in [0.2, 0.25) is 0 Å². The lowest BCUT2D eigenvalue weighted by molar-refractivity contribution is -0.0518. The van der Waals surface area contributed by atoms with Gasteiger partial charge in [-0.15, -0.1) is 0 Å². The average Bonchev–Trinajstić information content (AvgIpc) is 2.48. The largest absolute Gasteiger partial charge is 0.448 e. The van der Waals surface area contributed by atoms with Gasteiger partial charge in [0.2, 0.25) is 0 Å². The van der Waals surface area contributed by atoms with E-state index in [1.165, 1.54) is 11.3 Å². The van der Waals surface area contributed by atoms with E-state index < -0.39 is 0 Å². The van der Waals surface area contributed by atoms with Crippen LogP contribution in [0, 0.1) is 0 Å². The average molecular weight is 196 g/mol. The minimum atomic E-state index is -0.332. The van der Waals surface area contributed by atoms with E-state index in [0.29, 0.717) is 10.8 Å². The Morgan fingerprint density at radius 1 is 1.54 bits per heavy atom. The molecule has 0 saturated heterocycles. The molecule has 0 radical (unpaired) electrons. The topological polar surface area (TPSA) is 65.2 Å². The molecule has 0 bridgehead atoms. The number of thiazole rings is 1. The summed E-state index contributed by atoms with van der Waals surface area (Å²) >= 11 is 1.38. The van der Waals surface area contributed by atoms with Gasteiger partial charge >= 0.3 is 5.97 Å². The van der Waals surface area contributed by atoms with Crippen molar-refractivity contribution >= 4 is 22.4 Å². The molecular weight excluding hydrogens is 188 g/mol. The van der Waals surface area contributed by atoms with Gasteiger partial charge in [-0.05, 0) is 19.3 Å². The molecule has 1 aliphatic heterocycles. The standard InChI is InChI=1S/C8H8N2O2S/c9-7-10-4-5(13-7)8(2-1-3-8)12-6(4)11/h1-3H2,(H2,9,10). The summed E-state index contributed by atoms with van der Waals surface area (Å²) < 4.78 is 5.30. The van der Waals surface area contributed by atoms with Crippen molar-refractivity contribution in [1.29, 1.82) is 0 Å². The van der Waals surface area contributed by atoms with Gasteiger partial charge in [-0.3, -0.25) is 0 Å². The highest BCUT2D eigenvalue weighted by atomic mass is 32.1. The fourth-order valence-corrected chi connectivity index (χ4v) is 2.89. The maximum absolute atomic E-state index is 11.4. The van der Waals surface area contributed by atoms with Gasteiger partial charge in [-0.2, -0.15) is 0 Å². The van der Waals surface area contributed by atoms with Crippen molar-refractivity contribution in [1.82, 2.24) is 4.98 Å². The van der Waals surface area contributed by atoms with Crippen LogP contribution in [0.25, 0.3) is 0 Å². The number of carbonyl (C=O) groups is 1. The summed E-state index contributed by atoms with van der Waals surface area (Å²) in [4.78, 5) is 16.3. The zero-order valence-corrected chi connectivity index (χ0v) is 7.69. The van der Waals surface area contributed by atoms with Crippen LogP contribution in [0.15, 0.2) is 0 Å². The van der Waals surface area contributed by atoms with Gasteiger partial charge in [-0.1, -0.05) is 11.3 Å². The second-order valence-electron chi connectivity index (χ2n) is 3.47. The fourth-order valence-electron chi connectivity index (χ4n) is 1.88. The molecule has 1 fully saturated rings. The first-order chi connectivity index (χ1) is 6.21. The molecule has 1 spiro atoms. The Labute approximate surface area is 78.7 Å². The Bertz CT molecular complexity index is 395. The maximum Gasteiger partial charge on any atom is 0.359 e. The number of aromatic nitrogens is 1. The number of nitrogen functional groups attached to an aromatic ring is 1. The van der Waals surface area contributed by atoms with Crippen LogP contribution in [0.3, 0.4) is 0 Å². The second kappa shape index (κ2) is 2.04. The van der Waals surface area contributed by atoms with Crippen LogP contribution in [-0.4, -0.2) is 11.0 Å². The third-order valence-electron chi connectivity index (χ3n) is 2.70. The highest BCUT2D eigenvalue weighted by Gasteiger charge is 2.52. The van der Waals surface area contributed by atoms with Gasteiger partial charge in [0.1, 0.15) is 5.60 Å². The summed E-state index contributed by atoms with van der Waals surface area (Å²) in [6, 6.07) is 0. The van der Waals surface area contributed by atoms with Crippen molar-refractivity contribution < 1.29 is 9.53 Å². The molecule has 0 atom stereocenters. The van der Waals surface area contributed by atoms with Gasteiger partial charge in [0, 0.05) is 0 Å². The van der Waals surface area contributed by atoms with E-state index in [0.717, 1.165) is 24.1 Å². The molecule has 13 heavy (non-hydrogen) atoms. The molecule has 1 aliphatic carbocycles. The molecule has 0 aromatic carbocycles. The first-order valence-corrected chi connectivity index (χ1v) is 5.03. The van der Waals surface area contributed by atoms with Crippen molar-refractivity contribution in [3.63, 3.8) is 0 Å². The number of esters is 1. The summed E-state index contributed by atoms with van der Waals surface area (Å²) in [5.41, 5.74) is 5.67. The summed E-state index contributed by atoms with van der Waals surface area (Å²) in [6.07, 6.45) is 2.96. The number of hydrogen-bond acceptors (Lipinski definition) is 5. The zero-order chi connectivity index (χ0) is 9.05. The summed E-state index contributed by atoms with van der Waals surface area (Å²) in [7, 11) is 0. The molecule has 0 unspecified atom stereocenters. The summed E-state index contributed by atoms with van der Waals surface area (Å²) in [5.74, 6) is -0.303. The Morgan fingerprint density at radius 2 is 2.31 bits per heavy atom. The Morgan fingerprint density at radius 3 is 2.92 bits per heavy atom. The van der Waals surface area contributed by atoms with Gasteiger partial charge in [0.25, 0.3) is 0 Å². The Kier molecular flexibility index (Phi) is 1.15.